The van der Waals surface area contributed by atoms with Crippen molar-refractivity contribution in [1.29, 1.82) is 0 Å². The monoisotopic (exact) mass is 332 g/mol. The predicted octanol–water partition coefficient (Wildman–Crippen LogP) is 4.34. The molecule has 4 rings (SSSR count). The third-order valence-electron chi connectivity index (χ3n) is 3.39. The molecule has 22 heavy (non-hydrogen) atoms. The smallest absolute Gasteiger partial charge is 0.162 e. The van der Waals surface area contributed by atoms with Crippen molar-refractivity contribution in [2.24, 2.45) is 0 Å². The maximum Gasteiger partial charge on any atom is 0.162 e. The molecule has 0 bridgehead atoms. The SMILES string of the molecule is Clc1cc(NCc2csc(-c3ccco3)n2)nc(C2CC2)n1. The number of halogens is 1. The normalized spacial score (nSPS) is 14.2. The fourth-order valence-electron chi connectivity index (χ4n) is 2.13. The Morgan fingerprint density at radius 3 is 3.00 bits per heavy atom. The molecule has 0 saturated heterocycles. The van der Waals surface area contributed by atoms with Crippen LogP contribution in [-0.2, 0) is 6.54 Å². The Morgan fingerprint density at radius 2 is 2.23 bits per heavy atom. The minimum Gasteiger partial charge on any atom is -0.462 e. The van der Waals surface area contributed by atoms with Gasteiger partial charge in [0, 0.05) is 17.4 Å². The number of nitrogens with zero attached hydrogens (tertiary/aromatic N) is 3. The van der Waals surface area contributed by atoms with E-state index in [1.165, 1.54) is 0 Å². The molecule has 3 aromatic heterocycles. The van der Waals surface area contributed by atoms with Crippen LogP contribution in [0.25, 0.3) is 10.8 Å². The molecular weight excluding hydrogens is 320 g/mol. The molecule has 5 nitrogen and oxygen atoms in total. The first-order chi connectivity index (χ1) is 10.8. The Balaban J connectivity index is 1.46. The maximum atomic E-state index is 6.06. The van der Waals surface area contributed by atoms with Gasteiger partial charge in [-0.1, -0.05) is 11.6 Å². The molecule has 7 heteroatoms. The van der Waals surface area contributed by atoms with Crippen LogP contribution in [0.1, 0.15) is 30.3 Å². The minimum atomic E-state index is 0.476. The van der Waals surface area contributed by atoms with Gasteiger partial charge in [0.15, 0.2) is 10.8 Å². The summed E-state index contributed by atoms with van der Waals surface area (Å²) in [5, 5.41) is 6.63. The maximum absolute atomic E-state index is 6.06. The largest absolute Gasteiger partial charge is 0.462 e. The molecule has 3 aromatic rings. The van der Waals surface area contributed by atoms with Crippen LogP contribution in [0.5, 0.6) is 0 Å². The van der Waals surface area contributed by atoms with Crippen molar-refractivity contribution in [3.63, 3.8) is 0 Å². The number of rotatable bonds is 5. The van der Waals surface area contributed by atoms with E-state index in [0.717, 1.165) is 40.9 Å². The van der Waals surface area contributed by atoms with E-state index in [2.05, 4.69) is 20.3 Å². The molecule has 1 N–H and O–H groups in total. The van der Waals surface area contributed by atoms with Crippen LogP contribution in [-0.4, -0.2) is 15.0 Å². The summed E-state index contributed by atoms with van der Waals surface area (Å²) >= 11 is 7.62. The average Bonchev–Trinajstić information content (AvgIpc) is 3.02. The van der Waals surface area contributed by atoms with Crippen LogP contribution < -0.4 is 5.32 Å². The quantitative estimate of drug-likeness (QED) is 0.704. The molecule has 3 heterocycles. The first-order valence-electron chi connectivity index (χ1n) is 7.04. The van der Waals surface area contributed by atoms with E-state index in [1.54, 1.807) is 23.7 Å². The highest BCUT2D eigenvalue weighted by molar-refractivity contribution is 7.13. The van der Waals surface area contributed by atoms with Crippen molar-refractivity contribution in [1.82, 2.24) is 15.0 Å². The van der Waals surface area contributed by atoms with Crippen LogP contribution >= 0.6 is 22.9 Å². The summed E-state index contributed by atoms with van der Waals surface area (Å²) in [5.41, 5.74) is 0.944. The lowest BCUT2D eigenvalue weighted by atomic mass is 10.4. The van der Waals surface area contributed by atoms with Gasteiger partial charge >= 0.3 is 0 Å². The molecule has 0 aliphatic heterocycles. The van der Waals surface area contributed by atoms with E-state index in [1.807, 2.05) is 17.5 Å². The molecule has 1 fully saturated rings. The van der Waals surface area contributed by atoms with Gasteiger partial charge in [-0.2, -0.15) is 0 Å². The molecule has 0 spiro atoms. The summed E-state index contributed by atoms with van der Waals surface area (Å²) in [7, 11) is 0. The van der Waals surface area contributed by atoms with Crippen molar-refractivity contribution >= 4 is 28.8 Å². The summed E-state index contributed by atoms with van der Waals surface area (Å²) in [4.78, 5) is 13.3. The summed E-state index contributed by atoms with van der Waals surface area (Å²) in [6.45, 7) is 0.592. The molecule has 1 aliphatic rings. The van der Waals surface area contributed by atoms with Crippen molar-refractivity contribution in [2.75, 3.05) is 5.32 Å². The first-order valence-corrected chi connectivity index (χ1v) is 8.30. The molecule has 0 atom stereocenters. The third kappa shape index (κ3) is 2.98. The van der Waals surface area contributed by atoms with Gasteiger partial charge < -0.3 is 9.73 Å². The van der Waals surface area contributed by atoms with E-state index in [4.69, 9.17) is 16.0 Å². The Hall–Kier alpha value is -1.92. The fraction of sp³-hybridized carbons (Fsp3) is 0.267. The lowest BCUT2D eigenvalue weighted by Crippen LogP contribution is -2.04. The summed E-state index contributed by atoms with van der Waals surface area (Å²) in [6.07, 6.45) is 3.95. The minimum absolute atomic E-state index is 0.476. The van der Waals surface area contributed by atoms with Gasteiger partial charge in [0.1, 0.15) is 16.8 Å². The van der Waals surface area contributed by atoms with Gasteiger partial charge in [0.05, 0.1) is 18.5 Å². The lowest BCUT2D eigenvalue weighted by molar-refractivity contribution is 0.581. The number of anilines is 1. The predicted molar refractivity (Wildman–Crippen MR) is 86.2 cm³/mol. The van der Waals surface area contributed by atoms with Crippen LogP contribution in [0.3, 0.4) is 0 Å². The topological polar surface area (TPSA) is 63.8 Å². The number of furan rings is 1. The molecule has 112 valence electrons. The highest BCUT2D eigenvalue weighted by Crippen LogP contribution is 2.38. The molecule has 0 amide bonds. The second kappa shape index (κ2) is 5.70. The molecular formula is C15H13ClN4OS. The summed E-state index contributed by atoms with van der Waals surface area (Å²) in [5.74, 6) is 2.85. The number of thiazole rings is 1. The van der Waals surface area contributed by atoms with Crippen molar-refractivity contribution in [3.05, 3.63) is 46.5 Å². The zero-order valence-electron chi connectivity index (χ0n) is 11.6. The highest BCUT2D eigenvalue weighted by atomic mass is 35.5. The number of hydrogen-bond donors (Lipinski definition) is 1. The molecule has 1 saturated carbocycles. The van der Waals surface area contributed by atoms with Crippen molar-refractivity contribution in [3.8, 4) is 10.8 Å². The molecule has 1 aliphatic carbocycles. The van der Waals surface area contributed by atoms with Gasteiger partial charge in [-0.25, -0.2) is 15.0 Å². The Kier molecular flexibility index (Phi) is 3.56. The van der Waals surface area contributed by atoms with Gasteiger partial charge in [-0.05, 0) is 25.0 Å². The number of nitrogens with one attached hydrogen (secondary N) is 1. The zero-order chi connectivity index (χ0) is 14.9. The van der Waals surface area contributed by atoms with Gasteiger partial charge in [0.25, 0.3) is 0 Å². The standard InChI is InChI=1S/C15H13ClN4OS/c16-12-6-13(20-14(19-12)9-3-4-9)17-7-10-8-22-15(18-10)11-2-1-5-21-11/h1-2,5-6,8-9H,3-4,7H2,(H,17,19,20). The second-order valence-corrected chi connectivity index (χ2v) is 6.43. The van der Waals surface area contributed by atoms with E-state index >= 15 is 0 Å². The lowest BCUT2D eigenvalue weighted by Gasteiger charge is -2.06. The van der Waals surface area contributed by atoms with Crippen LogP contribution in [0, 0.1) is 0 Å². The number of aromatic nitrogens is 3. The highest BCUT2D eigenvalue weighted by Gasteiger charge is 2.27. The van der Waals surface area contributed by atoms with E-state index in [-0.39, 0.29) is 0 Å². The van der Waals surface area contributed by atoms with Crippen molar-refractivity contribution < 1.29 is 4.42 Å². The molecule has 0 radical (unpaired) electrons. The third-order valence-corrected chi connectivity index (χ3v) is 4.49. The summed E-state index contributed by atoms with van der Waals surface area (Å²) in [6, 6.07) is 5.51. The van der Waals surface area contributed by atoms with Crippen molar-refractivity contribution in [2.45, 2.75) is 25.3 Å². The Morgan fingerprint density at radius 1 is 1.32 bits per heavy atom. The molecule has 0 unspecified atom stereocenters. The Bertz CT molecular complexity index is 783. The van der Waals surface area contributed by atoms with E-state index in [0.29, 0.717) is 17.6 Å². The summed E-state index contributed by atoms with van der Waals surface area (Å²) < 4.78 is 5.35. The molecule has 0 aromatic carbocycles. The van der Waals surface area contributed by atoms with Gasteiger partial charge in [0.2, 0.25) is 0 Å². The van der Waals surface area contributed by atoms with Crippen LogP contribution in [0.4, 0.5) is 5.82 Å². The fourth-order valence-corrected chi connectivity index (χ4v) is 3.11. The Labute approximate surface area is 136 Å². The second-order valence-electron chi connectivity index (χ2n) is 5.18. The van der Waals surface area contributed by atoms with Crippen LogP contribution in [0.2, 0.25) is 5.15 Å². The van der Waals surface area contributed by atoms with Gasteiger partial charge in [-0.3, -0.25) is 0 Å². The average molecular weight is 333 g/mol. The van der Waals surface area contributed by atoms with E-state index in [9.17, 15) is 0 Å². The van der Waals surface area contributed by atoms with Gasteiger partial charge in [-0.15, -0.1) is 11.3 Å². The number of hydrogen-bond acceptors (Lipinski definition) is 6. The zero-order valence-corrected chi connectivity index (χ0v) is 13.2. The van der Waals surface area contributed by atoms with E-state index < -0.39 is 0 Å². The van der Waals surface area contributed by atoms with Crippen LogP contribution in [0.15, 0.2) is 34.3 Å². The first kappa shape index (κ1) is 13.7.